The Bertz CT molecular complexity index is 774. The predicted molar refractivity (Wildman–Crippen MR) is 88.3 cm³/mol. The summed E-state index contributed by atoms with van der Waals surface area (Å²) in [5, 5.41) is 13.6. The third-order valence-electron chi connectivity index (χ3n) is 3.31. The highest BCUT2D eigenvalue weighted by atomic mass is 16.6. The molecule has 8 nitrogen and oxygen atoms in total. The molecule has 0 aromatic heterocycles. The fourth-order valence-corrected chi connectivity index (χ4v) is 2.03. The summed E-state index contributed by atoms with van der Waals surface area (Å²) in [4.78, 5) is 35.3. The lowest BCUT2D eigenvalue weighted by atomic mass is 10.1. The minimum absolute atomic E-state index is 0.0294. The summed E-state index contributed by atoms with van der Waals surface area (Å²) in [6.07, 6.45) is -0.522. The zero-order valence-electron chi connectivity index (χ0n) is 13.1. The van der Waals surface area contributed by atoms with Gasteiger partial charge in [-0.15, -0.1) is 0 Å². The molecule has 0 heterocycles. The van der Waals surface area contributed by atoms with Crippen LogP contribution in [0.1, 0.15) is 10.4 Å². The molecule has 1 N–H and O–H groups in total. The summed E-state index contributed by atoms with van der Waals surface area (Å²) >= 11 is 0. The molecule has 24 heavy (non-hydrogen) atoms. The molecular weight excluding hydrogens is 314 g/mol. The van der Waals surface area contributed by atoms with Crippen LogP contribution in [-0.2, 0) is 4.74 Å². The molecule has 124 valence electrons. The van der Waals surface area contributed by atoms with Crippen molar-refractivity contribution < 1.29 is 19.2 Å². The number of nitrogens with one attached hydrogen (secondary N) is 1. The van der Waals surface area contributed by atoms with Gasteiger partial charge in [0.2, 0.25) is 0 Å². The number of nitro benzene ring substituents is 1. The first kappa shape index (κ1) is 16.9. The summed E-state index contributed by atoms with van der Waals surface area (Å²) in [6.45, 7) is 0. The smallest absolute Gasteiger partial charge is 0.413 e. The summed E-state index contributed by atoms with van der Waals surface area (Å²) < 4.78 is 4.61. The molecule has 0 saturated heterocycles. The molecule has 0 aliphatic heterocycles. The molecule has 0 aliphatic rings. The van der Waals surface area contributed by atoms with Gasteiger partial charge in [0.1, 0.15) is 5.56 Å². The van der Waals surface area contributed by atoms with Gasteiger partial charge in [-0.25, -0.2) is 4.79 Å². The number of nitro groups is 1. The van der Waals surface area contributed by atoms with Crippen LogP contribution in [0.5, 0.6) is 0 Å². The summed E-state index contributed by atoms with van der Waals surface area (Å²) in [5.41, 5.74) is 0.723. The van der Waals surface area contributed by atoms with E-state index in [4.69, 9.17) is 0 Å². The van der Waals surface area contributed by atoms with Crippen molar-refractivity contribution in [3.63, 3.8) is 0 Å². The number of carbonyl (C=O) groups excluding carboxylic acids is 2. The molecule has 0 radical (unpaired) electrons. The molecule has 2 aromatic rings. The topological polar surface area (TPSA) is 102 Å². The van der Waals surface area contributed by atoms with E-state index in [1.165, 1.54) is 30.2 Å². The average molecular weight is 329 g/mol. The van der Waals surface area contributed by atoms with Gasteiger partial charge < -0.3 is 10.1 Å². The van der Waals surface area contributed by atoms with Crippen molar-refractivity contribution in [2.24, 2.45) is 0 Å². The molecular formula is C16H15N3O5. The van der Waals surface area contributed by atoms with Crippen molar-refractivity contribution in [2.75, 3.05) is 24.4 Å². The summed E-state index contributed by atoms with van der Waals surface area (Å²) in [7, 11) is 2.83. The minimum atomic E-state index is -0.608. The van der Waals surface area contributed by atoms with Crippen molar-refractivity contribution in [1.82, 2.24) is 0 Å². The molecule has 2 amide bonds. The third-order valence-corrected chi connectivity index (χ3v) is 3.31. The first-order chi connectivity index (χ1) is 11.4. The van der Waals surface area contributed by atoms with Crippen LogP contribution < -0.4 is 10.2 Å². The van der Waals surface area contributed by atoms with E-state index in [2.05, 4.69) is 10.1 Å². The maximum absolute atomic E-state index is 12.2. The van der Waals surface area contributed by atoms with Crippen LogP contribution in [0.4, 0.5) is 21.9 Å². The third kappa shape index (κ3) is 3.67. The number of anilines is 2. The number of methoxy groups -OCH3 is 1. The van der Waals surface area contributed by atoms with Crippen LogP contribution in [0.25, 0.3) is 0 Å². The van der Waals surface area contributed by atoms with Crippen molar-refractivity contribution in [3.8, 4) is 0 Å². The Labute approximate surface area is 137 Å². The number of amides is 2. The van der Waals surface area contributed by atoms with E-state index >= 15 is 0 Å². The van der Waals surface area contributed by atoms with Gasteiger partial charge in [-0.05, 0) is 30.3 Å². The Morgan fingerprint density at radius 1 is 1.12 bits per heavy atom. The van der Waals surface area contributed by atoms with Gasteiger partial charge in [0.25, 0.3) is 11.6 Å². The number of benzene rings is 2. The number of hydrogen-bond acceptors (Lipinski definition) is 5. The summed E-state index contributed by atoms with van der Waals surface area (Å²) in [6, 6.07) is 12.1. The van der Waals surface area contributed by atoms with Gasteiger partial charge in [0.15, 0.2) is 0 Å². The number of carbonyl (C=O) groups is 2. The zero-order chi connectivity index (χ0) is 17.7. The van der Waals surface area contributed by atoms with Crippen LogP contribution in [0.15, 0.2) is 48.5 Å². The summed E-state index contributed by atoms with van der Waals surface area (Å²) in [5.74, 6) is -0.587. The van der Waals surface area contributed by atoms with Gasteiger partial charge in [-0.2, -0.15) is 0 Å². The first-order valence-corrected chi connectivity index (χ1v) is 6.90. The van der Waals surface area contributed by atoms with Crippen LogP contribution >= 0.6 is 0 Å². The maximum Gasteiger partial charge on any atom is 0.413 e. The van der Waals surface area contributed by atoms with Crippen molar-refractivity contribution >= 4 is 29.1 Å². The van der Waals surface area contributed by atoms with Gasteiger partial charge in [0.05, 0.1) is 12.0 Å². The van der Waals surface area contributed by atoms with E-state index in [0.717, 1.165) is 0 Å². The second kappa shape index (κ2) is 7.23. The van der Waals surface area contributed by atoms with Gasteiger partial charge >= 0.3 is 6.09 Å². The molecule has 0 bridgehead atoms. The molecule has 0 fully saturated rings. The molecule has 2 aromatic carbocycles. The Kier molecular flexibility index (Phi) is 5.10. The fourth-order valence-electron chi connectivity index (χ4n) is 2.03. The van der Waals surface area contributed by atoms with E-state index in [-0.39, 0.29) is 11.3 Å². The first-order valence-electron chi connectivity index (χ1n) is 6.90. The minimum Gasteiger partial charge on any atom is -0.452 e. The molecule has 0 aliphatic carbocycles. The van der Waals surface area contributed by atoms with Gasteiger partial charge in [0, 0.05) is 24.5 Å². The van der Waals surface area contributed by atoms with E-state index in [1.807, 2.05) is 0 Å². The zero-order valence-corrected chi connectivity index (χ0v) is 13.1. The highest BCUT2D eigenvalue weighted by Gasteiger charge is 2.19. The second-order valence-electron chi connectivity index (χ2n) is 4.80. The van der Waals surface area contributed by atoms with Gasteiger partial charge in [-0.3, -0.25) is 19.8 Å². The molecule has 0 unspecified atom stereocenters. The Balaban J connectivity index is 2.16. The lowest BCUT2D eigenvalue weighted by Gasteiger charge is -2.16. The highest BCUT2D eigenvalue weighted by Crippen LogP contribution is 2.21. The molecule has 8 heteroatoms. The molecule has 0 spiro atoms. The second-order valence-corrected chi connectivity index (χ2v) is 4.80. The van der Waals surface area contributed by atoms with Crippen LogP contribution in [0.3, 0.4) is 0 Å². The lowest BCUT2D eigenvalue weighted by molar-refractivity contribution is -0.385. The highest BCUT2D eigenvalue weighted by molar-refractivity contribution is 6.07. The number of para-hydroxylation sites is 1. The number of nitrogens with zero attached hydrogens (tertiary/aromatic N) is 2. The quantitative estimate of drug-likeness (QED) is 0.686. The number of rotatable bonds is 4. The van der Waals surface area contributed by atoms with Crippen LogP contribution in [0.2, 0.25) is 0 Å². The Morgan fingerprint density at radius 2 is 1.75 bits per heavy atom. The van der Waals surface area contributed by atoms with Crippen molar-refractivity contribution in [3.05, 3.63) is 64.2 Å². The van der Waals surface area contributed by atoms with Crippen molar-refractivity contribution in [1.29, 1.82) is 0 Å². The SMILES string of the molecule is COC(=O)N(C)c1ccc(NC(=O)c2ccccc2[N+](=O)[O-])cc1. The number of hydrogen-bond donors (Lipinski definition) is 1. The number of ether oxygens (including phenoxy) is 1. The predicted octanol–water partition coefficient (Wildman–Crippen LogP) is 3.05. The van der Waals surface area contributed by atoms with Crippen LogP contribution in [-0.4, -0.2) is 31.1 Å². The van der Waals surface area contributed by atoms with E-state index in [0.29, 0.717) is 11.4 Å². The maximum atomic E-state index is 12.2. The van der Waals surface area contributed by atoms with Crippen LogP contribution in [0, 0.1) is 10.1 Å². The average Bonchev–Trinajstić information content (AvgIpc) is 2.61. The standard InChI is InChI=1S/C16H15N3O5/c1-18(16(21)24-2)12-9-7-11(8-10-12)17-15(20)13-5-3-4-6-14(13)19(22)23/h3-10H,1-2H3,(H,17,20). The Hall–Kier alpha value is -3.42. The Morgan fingerprint density at radius 3 is 2.33 bits per heavy atom. The van der Waals surface area contributed by atoms with E-state index < -0.39 is 16.9 Å². The van der Waals surface area contributed by atoms with E-state index in [9.17, 15) is 19.7 Å². The monoisotopic (exact) mass is 329 g/mol. The molecule has 2 rings (SSSR count). The molecule has 0 atom stereocenters. The largest absolute Gasteiger partial charge is 0.452 e. The normalized spacial score (nSPS) is 9.92. The fraction of sp³-hybridized carbons (Fsp3) is 0.125. The van der Waals surface area contributed by atoms with Gasteiger partial charge in [-0.1, -0.05) is 12.1 Å². The van der Waals surface area contributed by atoms with Crippen molar-refractivity contribution in [2.45, 2.75) is 0 Å². The van der Waals surface area contributed by atoms with E-state index in [1.54, 1.807) is 37.4 Å². The molecule has 0 saturated carbocycles. The lowest BCUT2D eigenvalue weighted by Crippen LogP contribution is -2.25.